The standard InChI is InChI=1S/C21H28N2O7S/c1-15(16-5-10-19(28-3)20(13-16)29-4)23-21(24)14-30-17-6-8-18(9-7-17)31(25,26)22-11-12-27-2/h5-10,13,15,22H,11-12,14H2,1-4H3,(H,23,24)/t15-/m0/s1. The van der Waals surface area contributed by atoms with Gasteiger partial charge in [-0.15, -0.1) is 0 Å². The number of carbonyl (C=O) groups excluding carboxylic acids is 1. The second kappa shape index (κ2) is 11.5. The molecule has 2 aromatic rings. The number of carbonyl (C=O) groups is 1. The first-order valence-corrected chi connectivity index (χ1v) is 11.0. The van der Waals surface area contributed by atoms with Gasteiger partial charge in [-0.2, -0.15) is 0 Å². The monoisotopic (exact) mass is 452 g/mol. The fourth-order valence-electron chi connectivity index (χ4n) is 2.71. The normalized spacial score (nSPS) is 12.1. The van der Waals surface area contributed by atoms with Crippen LogP contribution in [0.4, 0.5) is 0 Å². The van der Waals surface area contributed by atoms with E-state index in [1.807, 2.05) is 13.0 Å². The average Bonchev–Trinajstić information content (AvgIpc) is 2.77. The first kappa shape index (κ1) is 24.4. The molecule has 2 rings (SSSR count). The third-order valence-corrected chi connectivity index (χ3v) is 5.86. The van der Waals surface area contributed by atoms with Gasteiger partial charge in [0.15, 0.2) is 18.1 Å². The molecule has 0 aliphatic rings. The minimum atomic E-state index is -3.62. The van der Waals surface area contributed by atoms with Crippen molar-refractivity contribution in [2.24, 2.45) is 0 Å². The number of hydrogen-bond donors (Lipinski definition) is 2. The molecule has 0 fully saturated rings. The Hall–Kier alpha value is -2.82. The Bertz CT molecular complexity index is 962. The number of methoxy groups -OCH3 is 3. The maximum atomic E-state index is 12.2. The average molecular weight is 453 g/mol. The summed E-state index contributed by atoms with van der Waals surface area (Å²) in [6.07, 6.45) is 0. The number of nitrogens with one attached hydrogen (secondary N) is 2. The Labute approximate surface area is 182 Å². The minimum Gasteiger partial charge on any atom is -0.493 e. The van der Waals surface area contributed by atoms with Crippen molar-refractivity contribution in [3.05, 3.63) is 48.0 Å². The summed E-state index contributed by atoms with van der Waals surface area (Å²) >= 11 is 0. The highest BCUT2D eigenvalue weighted by Crippen LogP contribution is 2.29. The highest BCUT2D eigenvalue weighted by atomic mass is 32.2. The molecule has 0 saturated carbocycles. The molecule has 9 nitrogen and oxygen atoms in total. The molecule has 0 saturated heterocycles. The third kappa shape index (κ3) is 7.12. The van der Waals surface area contributed by atoms with Crippen LogP contribution in [0, 0.1) is 0 Å². The van der Waals surface area contributed by atoms with E-state index in [9.17, 15) is 13.2 Å². The Balaban J connectivity index is 1.89. The van der Waals surface area contributed by atoms with E-state index in [1.165, 1.54) is 31.4 Å². The Kier molecular flexibility index (Phi) is 9.10. The van der Waals surface area contributed by atoms with Gasteiger partial charge in [0.05, 0.1) is 31.8 Å². The van der Waals surface area contributed by atoms with Crippen molar-refractivity contribution < 1.29 is 32.2 Å². The van der Waals surface area contributed by atoms with Crippen molar-refractivity contribution in [3.8, 4) is 17.2 Å². The van der Waals surface area contributed by atoms with Crippen LogP contribution in [0.25, 0.3) is 0 Å². The Morgan fingerprint density at radius 3 is 2.29 bits per heavy atom. The fraction of sp³-hybridized carbons (Fsp3) is 0.381. The first-order valence-electron chi connectivity index (χ1n) is 9.53. The highest BCUT2D eigenvalue weighted by molar-refractivity contribution is 7.89. The number of ether oxygens (including phenoxy) is 4. The Morgan fingerprint density at radius 1 is 1.00 bits per heavy atom. The van der Waals surface area contributed by atoms with E-state index in [2.05, 4.69) is 10.0 Å². The van der Waals surface area contributed by atoms with Crippen LogP contribution in [0.2, 0.25) is 0 Å². The molecule has 0 aliphatic heterocycles. The molecule has 2 aromatic carbocycles. The van der Waals surface area contributed by atoms with Gasteiger partial charge in [-0.1, -0.05) is 6.07 Å². The van der Waals surface area contributed by atoms with Gasteiger partial charge in [0.2, 0.25) is 10.0 Å². The molecule has 0 spiro atoms. The lowest BCUT2D eigenvalue weighted by Gasteiger charge is -2.17. The zero-order valence-electron chi connectivity index (χ0n) is 18.0. The number of rotatable bonds is 12. The Morgan fingerprint density at radius 2 is 1.68 bits per heavy atom. The molecule has 0 bridgehead atoms. The van der Waals surface area contributed by atoms with Crippen LogP contribution >= 0.6 is 0 Å². The molecule has 1 amide bonds. The van der Waals surface area contributed by atoms with Gasteiger partial charge < -0.3 is 24.3 Å². The lowest BCUT2D eigenvalue weighted by Crippen LogP contribution is -2.31. The molecular weight excluding hydrogens is 424 g/mol. The van der Waals surface area contributed by atoms with E-state index >= 15 is 0 Å². The molecule has 2 N–H and O–H groups in total. The molecule has 0 radical (unpaired) electrons. The van der Waals surface area contributed by atoms with Crippen molar-refractivity contribution in [2.45, 2.75) is 17.9 Å². The summed E-state index contributed by atoms with van der Waals surface area (Å²) in [6, 6.07) is 10.9. The first-order chi connectivity index (χ1) is 14.8. The summed E-state index contributed by atoms with van der Waals surface area (Å²) < 4.78 is 47.5. The molecule has 170 valence electrons. The van der Waals surface area contributed by atoms with E-state index in [0.29, 0.717) is 17.2 Å². The van der Waals surface area contributed by atoms with E-state index < -0.39 is 10.0 Å². The molecule has 0 unspecified atom stereocenters. The molecule has 10 heteroatoms. The highest BCUT2D eigenvalue weighted by Gasteiger charge is 2.15. The lowest BCUT2D eigenvalue weighted by atomic mass is 10.1. The molecular formula is C21H28N2O7S. The van der Waals surface area contributed by atoms with Gasteiger partial charge in [0.25, 0.3) is 5.91 Å². The molecule has 0 heterocycles. The van der Waals surface area contributed by atoms with Crippen molar-refractivity contribution in [3.63, 3.8) is 0 Å². The topological polar surface area (TPSA) is 112 Å². The second-order valence-corrected chi connectivity index (χ2v) is 8.32. The maximum absolute atomic E-state index is 12.2. The van der Waals surface area contributed by atoms with Crippen molar-refractivity contribution in [1.82, 2.24) is 10.0 Å². The number of hydrogen-bond acceptors (Lipinski definition) is 7. The second-order valence-electron chi connectivity index (χ2n) is 6.55. The van der Waals surface area contributed by atoms with E-state index in [-0.39, 0.29) is 36.6 Å². The molecule has 0 aliphatic carbocycles. The third-order valence-electron chi connectivity index (χ3n) is 4.39. The molecule has 1 atom stereocenters. The summed E-state index contributed by atoms with van der Waals surface area (Å²) in [5.41, 5.74) is 0.849. The predicted octanol–water partition coefficient (Wildman–Crippen LogP) is 1.88. The van der Waals surface area contributed by atoms with Gasteiger partial charge in [0.1, 0.15) is 5.75 Å². The van der Waals surface area contributed by atoms with Crippen LogP contribution in [0.3, 0.4) is 0 Å². The van der Waals surface area contributed by atoms with Gasteiger partial charge >= 0.3 is 0 Å². The van der Waals surface area contributed by atoms with Crippen LogP contribution in [0.15, 0.2) is 47.4 Å². The predicted molar refractivity (Wildman–Crippen MR) is 115 cm³/mol. The van der Waals surface area contributed by atoms with Crippen molar-refractivity contribution in [2.75, 3.05) is 41.1 Å². The fourth-order valence-corrected chi connectivity index (χ4v) is 3.73. The number of benzene rings is 2. The molecule has 31 heavy (non-hydrogen) atoms. The van der Waals surface area contributed by atoms with E-state index in [0.717, 1.165) is 5.56 Å². The van der Waals surface area contributed by atoms with Crippen LogP contribution in [-0.4, -0.2) is 55.4 Å². The van der Waals surface area contributed by atoms with Crippen molar-refractivity contribution >= 4 is 15.9 Å². The summed E-state index contributed by atoms with van der Waals surface area (Å²) in [5, 5.41) is 2.84. The summed E-state index contributed by atoms with van der Waals surface area (Å²) in [4.78, 5) is 12.3. The number of sulfonamides is 1. The van der Waals surface area contributed by atoms with E-state index in [1.54, 1.807) is 26.4 Å². The van der Waals surface area contributed by atoms with Crippen LogP contribution in [-0.2, 0) is 19.6 Å². The quantitative estimate of drug-likeness (QED) is 0.473. The minimum absolute atomic E-state index is 0.0995. The van der Waals surface area contributed by atoms with Crippen LogP contribution < -0.4 is 24.2 Å². The lowest BCUT2D eigenvalue weighted by molar-refractivity contribution is -0.123. The largest absolute Gasteiger partial charge is 0.493 e. The van der Waals surface area contributed by atoms with Gasteiger partial charge in [-0.25, -0.2) is 13.1 Å². The van der Waals surface area contributed by atoms with Gasteiger partial charge in [-0.05, 0) is 48.9 Å². The van der Waals surface area contributed by atoms with Gasteiger partial charge in [-0.3, -0.25) is 4.79 Å². The summed E-state index contributed by atoms with van der Waals surface area (Å²) in [7, 11) is 0.971. The van der Waals surface area contributed by atoms with E-state index in [4.69, 9.17) is 18.9 Å². The van der Waals surface area contributed by atoms with Crippen LogP contribution in [0.1, 0.15) is 18.5 Å². The van der Waals surface area contributed by atoms with Gasteiger partial charge in [0, 0.05) is 13.7 Å². The zero-order chi connectivity index (χ0) is 22.9. The smallest absolute Gasteiger partial charge is 0.258 e. The zero-order valence-corrected chi connectivity index (χ0v) is 18.8. The van der Waals surface area contributed by atoms with Crippen molar-refractivity contribution in [1.29, 1.82) is 0 Å². The van der Waals surface area contributed by atoms with Crippen LogP contribution in [0.5, 0.6) is 17.2 Å². The SMILES string of the molecule is COCCNS(=O)(=O)c1ccc(OCC(=O)N[C@@H](C)c2ccc(OC)c(OC)c2)cc1. The molecule has 0 aromatic heterocycles. The number of amides is 1. The summed E-state index contributed by atoms with van der Waals surface area (Å²) in [5.74, 6) is 1.24. The maximum Gasteiger partial charge on any atom is 0.258 e. The summed E-state index contributed by atoms with van der Waals surface area (Å²) in [6.45, 7) is 2.08.